The van der Waals surface area contributed by atoms with Gasteiger partial charge in [0.2, 0.25) is 0 Å². The van der Waals surface area contributed by atoms with E-state index in [4.69, 9.17) is 4.74 Å². The molecule has 1 aromatic carbocycles. The molecule has 3 heteroatoms. The Labute approximate surface area is 126 Å². The quantitative estimate of drug-likeness (QED) is 0.773. The average Bonchev–Trinajstić information content (AvgIpc) is 2.36. The highest BCUT2D eigenvalue weighted by Gasteiger charge is 2.19. The second-order valence-corrected chi connectivity index (χ2v) is 6.51. The van der Waals surface area contributed by atoms with E-state index >= 15 is 0 Å². The number of hydrogen-bond donors (Lipinski definition) is 1. The van der Waals surface area contributed by atoms with Crippen molar-refractivity contribution in [3.05, 3.63) is 34.3 Å². The van der Waals surface area contributed by atoms with Gasteiger partial charge >= 0.3 is 0 Å². The molecule has 2 nitrogen and oxygen atoms in total. The number of ether oxygens (including phenoxy) is 1. The zero-order valence-electron chi connectivity index (χ0n) is 12.5. The van der Waals surface area contributed by atoms with E-state index < -0.39 is 0 Å². The first-order valence-electron chi connectivity index (χ1n) is 7.00. The monoisotopic (exact) mass is 327 g/mol. The maximum absolute atomic E-state index is 5.50. The molecule has 0 saturated carbocycles. The number of rotatable bonds is 8. The second-order valence-electron chi connectivity index (χ2n) is 5.59. The molecule has 0 spiro atoms. The third-order valence-electron chi connectivity index (χ3n) is 3.51. The van der Waals surface area contributed by atoms with Crippen LogP contribution in [0.15, 0.2) is 28.7 Å². The summed E-state index contributed by atoms with van der Waals surface area (Å²) in [6.45, 7) is 7.46. The van der Waals surface area contributed by atoms with Gasteiger partial charge in [-0.05, 0) is 57.4 Å². The van der Waals surface area contributed by atoms with Gasteiger partial charge in [-0.3, -0.25) is 0 Å². The van der Waals surface area contributed by atoms with E-state index in [0.717, 1.165) is 30.3 Å². The van der Waals surface area contributed by atoms with Crippen molar-refractivity contribution in [1.82, 2.24) is 5.32 Å². The zero-order valence-corrected chi connectivity index (χ0v) is 14.1. The van der Waals surface area contributed by atoms with Crippen LogP contribution < -0.4 is 5.32 Å². The SMILES string of the molecule is CCNC(CCC(C)(C)OC)Cc1cccc(Br)c1. The zero-order chi connectivity index (χ0) is 14.3. The Kier molecular flexibility index (Phi) is 7.05. The average molecular weight is 328 g/mol. The Morgan fingerprint density at radius 3 is 2.68 bits per heavy atom. The van der Waals surface area contributed by atoms with Crippen LogP contribution >= 0.6 is 15.9 Å². The summed E-state index contributed by atoms with van der Waals surface area (Å²) in [6, 6.07) is 9.07. The van der Waals surface area contributed by atoms with Crippen LogP contribution in [-0.2, 0) is 11.2 Å². The van der Waals surface area contributed by atoms with Crippen LogP contribution in [0.1, 0.15) is 39.2 Å². The van der Waals surface area contributed by atoms with Gasteiger partial charge in [0, 0.05) is 17.6 Å². The van der Waals surface area contributed by atoms with Crippen molar-refractivity contribution in [2.75, 3.05) is 13.7 Å². The molecular formula is C16H26BrNO. The van der Waals surface area contributed by atoms with Crippen LogP contribution in [0.2, 0.25) is 0 Å². The first-order chi connectivity index (χ1) is 8.96. The molecule has 1 N–H and O–H groups in total. The number of likely N-dealkylation sites (N-methyl/N-ethyl adjacent to an activating group) is 1. The number of hydrogen-bond acceptors (Lipinski definition) is 2. The number of halogens is 1. The molecule has 0 aliphatic heterocycles. The highest BCUT2D eigenvalue weighted by atomic mass is 79.9. The fourth-order valence-corrected chi connectivity index (χ4v) is 2.58. The molecule has 0 fully saturated rings. The first kappa shape index (κ1) is 16.7. The largest absolute Gasteiger partial charge is 0.379 e. The summed E-state index contributed by atoms with van der Waals surface area (Å²) >= 11 is 3.53. The van der Waals surface area contributed by atoms with E-state index in [1.54, 1.807) is 7.11 Å². The van der Waals surface area contributed by atoms with Gasteiger partial charge in [-0.15, -0.1) is 0 Å². The summed E-state index contributed by atoms with van der Waals surface area (Å²) in [4.78, 5) is 0. The smallest absolute Gasteiger partial charge is 0.0623 e. The van der Waals surface area contributed by atoms with E-state index in [1.807, 2.05) is 0 Å². The molecule has 0 aromatic heterocycles. The molecule has 0 aliphatic carbocycles. The summed E-state index contributed by atoms with van der Waals surface area (Å²) in [6.07, 6.45) is 3.25. The Hall–Kier alpha value is -0.380. The second kappa shape index (κ2) is 8.03. The summed E-state index contributed by atoms with van der Waals surface area (Å²) in [7, 11) is 1.79. The Balaban J connectivity index is 2.57. The van der Waals surface area contributed by atoms with E-state index in [-0.39, 0.29) is 5.60 Å². The van der Waals surface area contributed by atoms with Crippen molar-refractivity contribution < 1.29 is 4.74 Å². The Bertz CT molecular complexity index is 379. The molecule has 108 valence electrons. The predicted octanol–water partition coefficient (Wildman–Crippen LogP) is 4.17. The normalized spacial score (nSPS) is 13.5. The van der Waals surface area contributed by atoms with Crippen LogP contribution in [0.25, 0.3) is 0 Å². The van der Waals surface area contributed by atoms with Crippen LogP contribution in [0.5, 0.6) is 0 Å². The van der Waals surface area contributed by atoms with E-state index in [2.05, 4.69) is 66.3 Å². The highest BCUT2D eigenvalue weighted by molar-refractivity contribution is 9.10. The van der Waals surface area contributed by atoms with Crippen molar-refractivity contribution in [3.63, 3.8) is 0 Å². The molecule has 0 radical (unpaired) electrons. The van der Waals surface area contributed by atoms with Crippen molar-refractivity contribution in [3.8, 4) is 0 Å². The number of methoxy groups -OCH3 is 1. The molecule has 0 bridgehead atoms. The fraction of sp³-hybridized carbons (Fsp3) is 0.625. The molecule has 1 aromatic rings. The molecule has 0 heterocycles. The molecule has 0 aliphatic rings. The lowest BCUT2D eigenvalue weighted by atomic mass is 9.95. The third-order valence-corrected chi connectivity index (χ3v) is 4.00. The predicted molar refractivity (Wildman–Crippen MR) is 85.6 cm³/mol. The molecule has 0 saturated heterocycles. The molecular weight excluding hydrogens is 302 g/mol. The molecule has 0 amide bonds. The lowest BCUT2D eigenvalue weighted by Gasteiger charge is -2.26. The van der Waals surface area contributed by atoms with Gasteiger partial charge in [0.05, 0.1) is 5.60 Å². The highest BCUT2D eigenvalue weighted by Crippen LogP contribution is 2.19. The summed E-state index contributed by atoms with van der Waals surface area (Å²) in [5, 5.41) is 3.58. The van der Waals surface area contributed by atoms with Crippen molar-refractivity contribution in [1.29, 1.82) is 0 Å². The maximum atomic E-state index is 5.50. The fourth-order valence-electron chi connectivity index (χ4n) is 2.14. The molecule has 1 unspecified atom stereocenters. The maximum Gasteiger partial charge on any atom is 0.0623 e. The minimum absolute atomic E-state index is 0.0368. The molecule has 19 heavy (non-hydrogen) atoms. The third kappa shape index (κ3) is 6.55. The van der Waals surface area contributed by atoms with Gasteiger partial charge in [0.15, 0.2) is 0 Å². The standard InChI is InChI=1S/C16H26BrNO/c1-5-18-15(9-10-16(2,3)19-4)12-13-7-6-8-14(17)11-13/h6-8,11,15,18H,5,9-10,12H2,1-4H3. The lowest BCUT2D eigenvalue weighted by molar-refractivity contribution is 0.0117. The Morgan fingerprint density at radius 1 is 1.37 bits per heavy atom. The van der Waals surface area contributed by atoms with E-state index in [0.29, 0.717) is 6.04 Å². The van der Waals surface area contributed by atoms with Gasteiger partial charge < -0.3 is 10.1 Å². The lowest BCUT2D eigenvalue weighted by Crippen LogP contribution is -2.34. The topological polar surface area (TPSA) is 21.3 Å². The van der Waals surface area contributed by atoms with Crippen LogP contribution in [0, 0.1) is 0 Å². The van der Waals surface area contributed by atoms with Crippen LogP contribution in [0.4, 0.5) is 0 Å². The van der Waals surface area contributed by atoms with Crippen LogP contribution in [0.3, 0.4) is 0 Å². The number of nitrogens with one attached hydrogen (secondary N) is 1. The van der Waals surface area contributed by atoms with E-state index in [1.165, 1.54) is 5.56 Å². The van der Waals surface area contributed by atoms with E-state index in [9.17, 15) is 0 Å². The summed E-state index contributed by atoms with van der Waals surface area (Å²) in [5.41, 5.74) is 1.33. The molecule has 1 rings (SSSR count). The summed E-state index contributed by atoms with van der Waals surface area (Å²) in [5.74, 6) is 0. The van der Waals surface area contributed by atoms with Gasteiger partial charge in [-0.2, -0.15) is 0 Å². The van der Waals surface area contributed by atoms with Crippen molar-refractivity contribution >= 4 is 15.9 Å². The first-order valence-corrected chi connectivity index (χ1v) is 7.79. The minimum atomic E-state index is -0.0368. The Morgan fingerprint density at radius 2 is 2.11 bits per heavy atom. The minimum Gasteiger partial charge on any atom is -0.379 e. The number of benzene rings is 1. The van der Waals surface area contributed by atoms with Crippen molar-refractivity contribution in [2.24, 2.45) is 0 Å². The van der Waals surface area contributed by atoms with Crippen molar-refractivity contribution in [2.45, 2.75) is 51.7 Å². The summed E-state index contributed by atoms with van der Waals surface area (Å²) < 4.78 is 6.65. The van der Waals surface area contributed by atoms with Crippen LogP contribution in [-0.4, -0.2) is 25.3 Å². The van der Waals surface area contributed by atoms with Gasteiger partial charge in [0.1, 0.15) is 0 Å². The molecule has 1 atom stereocenters. The van der Waals surface area contributed by atoms with Gasteiger partial charge in [0.25, 0.3) is 0 Å². The van der Waals surface area contributed by atoms with Gasteiger partial charge in [-0.25, -0.2) is 0 Å². The van der Waals surface area contributed by atoms with Gasteiger partial charge in [-0.1, -0.05) is 35.0 Å².